The topological polar surface area (TPSA) is 191 Å². The van der Waals surface area contributed by atoms with E-state index in [0.717, 1.165) is 41.6 Å². The number of nitrogens with zero attached hydrogens (tertiary/aromatic N) is 3. The van der Waals surface area contributed by atoms with Crippen LogP contribution in [0.4, 0.5) is 22.7 Å². The van der Waals surface area contributed by atoms with Crippen molar-refractivity contribution in [2.75, 3.05) is 54.9 Å². The number of hydrogen-bond donors (Lipinski definition) is 5. The smallest absolute Gasteiger partial charge is 0.258 e. The van der Waals surface area contributed by atoms with Crippen molar-refractivity contribution in [3.63, 3.8) is 0 Å². The van der Waals surface area contributed by atoms with Crippen LogP contribution >= 0.6 is 31.9 Å². The lowest BCUT2D eigenvalue weighted by atomic mass is 9.95. The Morgan fingerprint density at radius 3 is 1.67 bits per heavy atom. The second kappa shape index (κ2) is 22.7. The minimum atomic E-state index is -1.41. The molecule has 16 nitrogen and oxygen atoms in total. The van der Waals surface area contributed by atoms with Crippen LogP contribution in [0.2, 0.25) is 0 Å². The zero-order valence-electron chi connectivity index (χ0n) is 42.6. The molecule has 0 aliphatic carbocycles. The average Bonchev–Trinajstić information content (AvgIpc) is 3.64. The lowest BCUT2D eigenvalue weighted by molar-refractivity contribution is -0.128. The van der Waals surface area contributed by atoms with Gasteiger partial charge in [0.15, 0.2) is 5.78 Å². The number of nitrogens with one attached hydrogen (secondary N) is 5. The number of carbonyl (C=O) groups is 6. The molecule has 0 spiro atoms. The molecule has 5 amide bonds. The Kier molecular flexibility index (Phi) is 15.9. The molecule has 5 N–H and O–H groups in total. The molecule has 18 heteroatoms. The van der Waals surface area contributed by atoms with Gasteiger partial charge in [-0.3, -0.25) is 28.8 Å². The molecule has 9 rings (SSSR count). The van der Waals surface area contributed by atoms with Crippen molar-refractivity contribution < 1.29 is 38.2 Å². The highest BCUT2D eigenvalue weighted by atomic mass is 79.9. The number of rotatable bonds is 15. The number of hydrogen-bond acceptors (Lipinski definition) is 11. The van der Waals surface area contributed by atoms with Gasteiger partial charge in [0.25, 0.3) is 17.7 Å². The molecule has 2 aliphatic rings. The molecule has 76 heavy (non-hydrogen) atoms. The van der Waals surface area contributed by atoms with Crippen molar-refractivity contribution >= 4 is 111 Å². The van der Waals surface area contributed by atoms with Gasteiger partial charge in [-0.25, -0.2) is 0 Å². The number of likely N-dealkylation sites (N-methyl/N-ethyl adjacent to an activating group) is 2. The standard InChI is InChI=1S/C58H56Br2N8O8/c1-32(61-3)54(70)64-45-31-68(48-14-10-9-13-47(48)67(57(45)73)30-43-41-24-22-39(60)28-37(41)20-26-50(43)76-6)56(72)35-17-15-34(16-18-35)53(69)51-52(65-55(71)33(2)62-4)58(74)66(46-12-8-7-11-44(46)63-51)29-42-40-23-21-38(59)27-36(40)19-25-49(42)75-5/h7-28,32-33,45,51-52,61-63H,29-31H2,1-6H3,(H,64,70)(H,65,71)/t32-,33-,45-,51?,52-/m0/s1. The van der Waals surface area contributed by atoms with Crippen LogP contribution in [0.5, 0.6) is 11.5 Å². The number of methoxy groups -OCH3 is 2. The largest absolute Gasteiger partial charge is 0.496 e. The van der Waals surface area contributed by atoms with Crippen LogP contribution in [0.3, 0.4) is 0 Å². The Morgan fingerprint density at radius 2 is 1.12 bits per heavy atom. The summed E-state index contributed by atoms with van der Waals surface area (Å²) in [4.78, 5) is 92.4. The predicted octanol–water partition coefficient (Wildman–Crippen LogP) is 8.12. The third-order valence-electron chi connectivity index (χ3n) is 14.1. The highest BCUT2D eigenvalue weighted by molar-refractivity contribution is 9.10. The number of benzene rings is 7. The van der Waals surface area contributed by atoms with Crippen LogP contribution < -0.4 is 50.8 Å². The maximum Gasteiger partial charge on any atom is 0.258 e. The lowest BCUT2D eigenvalue weighted by Crippen LogP contribution is -2.59. The van der Waals surface area contributed by atoms with Crippen molar-refractivity contribution in [3.8, 4) is 11.5 Å². The van der Waals surface area contributed by atoms with E-state index in [1.165, 1.54) is 29.2 Å². The summed E-state index contributed by atoms with van der Waals surface area (Å²) < 4.78 is 13.5. The fourth-order valence-corrected chi connectivity index (χ4v) is 10.5. The number of ketones is 1. The van der Waals surface area contributed by atoms with Crippen molar-refractivity contribution in [3.05, 3.63) is 165 Å². The molecule has 0 saturated heterocycles. The number of para-hydroxylation sites is 4. The maximum atomic E-state index is 15.3. The highest BCUT2D eigenvalue weighted by Crippen LogP contribution is 2.40. The number of amides is 5. The molecule has 0 saturated carbocycles. The monoisotopic (exact) mass is 1150 g/mol. The molecule has 0 aromatic heterocycles. The summed E-state index contributed by atoms with van der Waals surface area (Å²) in [6.07, 6.45) is 0. The maximum absolute atomic E-state index is 15.3. The minimum absolute atomic E-state index is 0.0307. The molecular weight excluding hydrogens is 1100 g/mol. The summed E-state index contributed by atoms with van der Waals surface area (Å²) in [6, 6.07) is 34.2. The zero-order valence-corrected chi connectivity index (χ0v) is 45.7. The van der Waals surface area contributed by atoms with Crippen molar-refractivity contribution in [2.45, 2.75) is 57.1 Å². The van der Waals surface area contributed by atoms with Crippen molar-refractivity contribution in [1.82, 2.24) is 21.3 Å². The van der Waals surface area contributed by atoms with E-state index >= 15 is 14.4 Å². The Morgan fingerprint density at radius 1 is 0.618 bits per heavy atom. The predicted molar refractivity (Wildman–Crippen MR) is 302 cm³/mol. The Labute approximate surface area is 456 Å². The number of anilines is 4. The van der Waals surface area contributed by atoms with Gasteiger partial charge >= 0.3 is 0 Å². The van der Waals surface area contributed by atoms with Crippen molar-refractivity contribution in [2.24, 2.45) is 0 Å². The Balaban J connectivity index is 1.07. The lowest BCUT2D eigenvalue weighted by Gasteiger charge is -2.29. The van der Waals surface area contributed by atoms with E-state index in [2.05, 4.69) is 58.4 Å². The van der Waals surface area contributed by atoms with Crippen LogP contribution in [0.15, 0.2) is 142 Å². The molecule has 0 radical (unpaired) electrons. The van der Waals surface area contributed by atoms with E-state index in [-0.39, 0.29) is 30.8 Å². The number of Topliss-reactive ketones (excluding diaryl/α,β-unsaturated/α-hetero) is 1. The van der Waals surface area contributed by atoms with Crippen LogP contribution in [0.1, 0.15) is 45.7 Å². The second-order valence-corrected chi connectivity index (χ2v) is 20.5. The first-order chi connectivity index (χ1) is 36.6. The van der Waals surface area contributed by atoms with Gasteiger partial charge in [0.05, 0.1) is 68.7 Å². The SMILES string of the molecule is CN[C@@H](C)C(=O)N[C@H]1CN(C(=O)c2ccc(C(=O)C3Nc4ccccc4N(Cc4c(OC)ccc5cc(Br)ccc45)C(=O)[C@H]3NC(=O)[C@H](C)NC)cc2)c2ccccc2N(Cc2c(OC)ccc3cc(Br)ccc23)C1=O. The molecule has 0 fully saturated rings. The van der Waals surface area contributed by atoms with Crippen LogP contribution in [0, 0.1) is 0 Å². The number of halogens is 2. The molecule has 1 unspecified atom stereocenters. The molecule has 7 aromatic rings. The first-order valence-electron chi connectivity index (χ1n) is 24.6. The van der Waals surface area contributed by atoms with Gasteiger partial charge in [0, 0.05) is 31.2 Å². The van der Waals surface area contributed by atoms with E-state index in [0.29, 0.717) is 34.2 Å². The Bertz CT molecular complexity index is 3430. The fraction of sp³-hybridized carbons (Fsp3) is 0.241. The molecule has 2 heterocycles. The summed E-state index contributed by atoms with van der Waals surface area (Å²) >= 11 is 7.13. The van der Waals surface area contributed by atoms with E-state index in [9.17, 15) is 14.4 Å². The van der Waals surface area contributed by atoms with E-state index in [4.69, 9.17) is 9.47 Å². The molecule has 7 aromatic carbocycles. The summed E-state index contributed by atoms with van der Waals surface area (Å²) in [7, 11) is 6.39. The highest BCUT2D eigenvalue weighted by Gasteiger charge is 2.43. The minimum Gasteiger partial charge on any atom is -0.496 e. The summed E-state index contributed by atoms with van der Waals surface area (Å²) in [5, 5.41) is 18.5. The number of carbonyl (C=O) groups excluding carboxylic acids is 6. The van der Waals surface area contributed by atoms with Gasteiger partial charge in [0.2, 0.25) is 11.8 Å². The first-order valence-corrected chi connectivity index (χ1v) is 26.2. The number of ether oxygens (including phenoxy) is 2. The molecule has 5 atom stereocenters. The molecule has 390 valence electrons. The van der Waals surface area contributed by atoms with Gasteiger partial charge < -0.3 is 50.8 Å². The fourth-order valence-electron chi connectivity index (χ4n) is 9.75. The first kappa shape index (κ1) is 53.2. The van der Waals surface area contributed by atoms with Crippen LogP contribution in [-0.4, -0.2) is 100 Å². The average molecular weight is 1150 g/mol. The molecule has 2 aliphatic heterocycles. The van der Waals surface area contributed by atoms with Gasteiger partial charge in [0.1, 0.15) is 29.6 Å². The summed E-state index contributed by atoms with van der Waals surface area (Å²) in [6.45, 7) is 3.16. The second-order valence-electron chi connectivity index (χ2n) is 18.6. The van der Waals surface area contributed by atoms with Crippen molar-refractivity contribution in [1.29, 1.82) is 0 Å². The Hall–Kier alpha value is -7.64. The van der Waals surface area contributed by atoms with Gasteiger partial charge in [-0.05, 0) is 122 Å². The van der Waals surface area contributed by atoms with E-state index in [1.807, 2.05) is 60.7 Å². The van der Waals surface area contributed by atoms with E-state index in [1.54, 1.807) is 100 Å². The summed E-state index contributed by atoms with van der Waals surface area (Å²) in [5.41, 5.74) is 3.56. The quantitative estimate of drug-likeness (QED) is 0.0624. The van der Waals surface area contributed by atoms with Gasteiger partial charge in [-0.2, -0.15) is 0 Å². The number of fused-ring (bicyclic) bond motifs is 4. The third kappa shape index (κ3) is 10.5. The third-order valence-corrected chi connectivity index (χ3v) is 15.1. The van der Waals surface area contributed by atoms with E-state index < -0.39 is 65.5 Å². The normalized spacial score (nSPS) is 17.2. The molecular formula is C58H56Br2N8O8. The van der Waals surface area contributed by atoms with Crippen LogP contribution in [-0.2, 0) is 32.3 Å². The van der Waals surface area contributed by atoms with Crippen LogP contribution in [0.25, 0.3) is 21.5 Å². The molecule has 0 bridgehead atoms. The van der Waals surface area contributed by atoms with Gasteiger partial charge in [-0.15, -0.1) is 0 Å². The summed E-state index contributed by atoms with van der Waals surface area (Å²) in [5.74, 6) is -1.87. The zero-order chi connectivity index (χ0) is 53.9. The van der Waals surface area contributed by atoms with Gasteiger partial charge in [-0.1, -0.05) is 92.5 Å².